The Balaban J connectivity index is 1.95. The van der Waals surface area contributed by atoms with Crippen LogP contribution in [0.3, 0.4) is 0 Å². The minimum absolute atomic E-state index is 0.259. The van der Waals surface area contributed by atoms with Crippen molar-refractivity contribution >= 4 is 0 Å². The Hall–Kier alpha value is -0.120. The maximum atomic E-state index is 6.27. The summed E-state index contributed by atoms with van der Waals surface area (Å²) in [4.78, 5) is 5.32. The molecule has 2 fully saturated rings. The first-order valence-corrected chi connectivity index (χ1v) is 9.12. The lowest BCUT2D eigenvalue weighted by atomic mass is 9.80. The van der Waals surface area contributed by atoms with Crippen molar-refractivity contribution in [3.05, 3.63) is 0 Å². The molecule has 2 rings (SSSR count). The Morgan fingerprint density at radius 3 is 2.43 bits per heavy atom. The first kappa shape index (κ1) is 17.2. The van der Waals surface area contributed by atoms with Crippen LogP contribution in [0.1, 0.15) is 59.3 Å². The van der Waals surface area contributed by atoms with Crippen LogP contribution in [-0.4, -0.2) is 54.6 Å². The summed E-state index contributed by atoms with van der Waals surface area (Å²) in [6.07, 6.45) is 8.06. The molecule has 2 N–H and O–H groups in total. The molecule has 1 heterocycles. The van der Waals surface area contributed by atoms with Gasteiger partial charge in [-0.3, -0.25) is 4.90 Å². The van der Waals surface area contributed by atoms with Crippen molar-refractivity contribution in [2.24, 2.45) is 17.6 Å². The number of likely N-dealkylation sites (N-methyl/N-ethyl adjacent to an activating group) is 1. The summed E-state index contributed by atoms with van der Waals surface area (Å²) in [5.41, 5.74) is 6.53. The van der Waals surface area contributed by atoms with Crippen LogP contribution < -0.4 is 5.73 Å². The SMILES string of the molecule is CC(C)CN1CCC(CN)(N(C)C2CCCC(C)C2)CC1. The zero-order valence-corrected chi connectivity index (χ0v) is 14.8. The summed E-state index contributed by atoms with van der Waals surface area (Å²) in [5.74, 6) is 1.66. The fourth-order valence-electron chi connectivity index (χ4n) is 4.51. The van der Waals surface area contributed by atoms with E-state index in [1.165, 1.54) is 58.2 Å². The molecule has 0 amide bonds. The average molecular weight is 296 g/mol. The van der Waals surface area contributed by atoms with Crippen LogP contribution in [0.4, 0.5) is 0 Å². The quantitative estimate of drug-likeness (QED) is 0.846. The van der Waals surface area contributed by atoms with E-state index in [9.17, 15) is 0 Å². The highest BCUT2D eigenvalue weighted by molar-refractivity contribution is 4.98. The molecule has 1 saturated carbocycles. The topological polar surface area (TPSA) is 32.5 Å². The number of rotatable bonds is 5. The molecule has 1 saturated heterocycles. The molecule has 0 radical (unpaired) electrons. The van der Waals surface area contributed by atoms with Gasteiger partial charge < -0.3 is 10.6 Å². The van der Waals surface area contributed by atoms with E-state index in [0.717, 1.165) is 24.4 Å². The zero-order chi connectivity index (χ0) is 15.5. The second-order valence-electron chi connectivity index (χ2n) is 8.16. The second kappa shape index (κ2) is 7.43. The highest BCUT2D eigenvalue weighted by atomic mass is 15.2. The summed E-state index contributed by atoms with van der Waals surface area (Å²) < 4.78 is 0. The van der Waals surface area contributed by atoms with Crippen LogP contribution in [0.2, 0.25) is 0 Å². The monoisotopic (exact) mass is 295 g/mol. The number of piperidine rings is 1. The van der Waals surface area contributed by atoms with E-state index in [2.05, 4.69) is 37.6 Å². The Bertz CT molecular complexity index is 308. The van der Waals surface area contributed by atoms with Gasteiger partial charge in [0.05, 0.1) is 0 Å². The molecule has 3 heteroatoms. The van der Waals surface area contributed by atoms with E-state index in [-0.39, 0.29) is 5.54 Å². The molecular weight excluding hydrogens is 258 g/mol. The van der Waals surface area contributed by atoms with Gasteiger partial charge in [0.15, 0.2) is 0 Å². The third-order valence-electron chi connectivity index (χ3n) is 5.99. The molecule has 0 bridgehead atoms. The number of likely N-dealkylation sites (tertiary alicyclic amines) is 1. The van der Waals surface area contributed by atoms with Crippen LogP contribution in [0.15, 0.2) is 0 Å². The summed E-state index contributed by atoms with van der Waals surface area (Å²) in [6, 6.07) is 0.758. The number of nitrogens with two attached hydrogens (primary N) is 1. The average Bonchev–Trinajstić information content (AvgIpc) is 2.47. The van der Waals surface area contributed by atoms with Crippen LogP contribution in [-0.2, 0) is 0 Å². The molecule has 3 nitrogen and oxygen atoms in total. The maximum absolute atomic E-state index is 6.27. The molecule has 0 spiro atoms. The first-order chi connectivity index (χ1) is 9.97. The summed E-state index contributed by atoms with van der Waals surface area (Å²) >= 11 is 0. The second-order valence-corrected chi connectivity index (χ2v) is 8.16. The van der Waals surface area contributed by atoms with Crippen molar-refractivity contribution in [2.45, 2.75) is 70.9 Å². The van der Waals surface area contributed by atoms with E-state index in [4.69, 9.17) is 5.73 Å². The molecular formula is C18H37N3. The molecule has 0 aromatic carbocycles. The van der Waals surface area contributed by atoms with Crippen molar-refractivity contribution in [3.63, 3.8) is 0 Å². The summed E-state index contributed by atoms with van der Waals surface area (Å²) in [6.45, 7) is 11.6. The van der Waals surface area contributed by atoms with Crippen LogP contribution in [0, 0.1) is 11.8 Å². The largest absolute Gasteiger partial charge is 0.329 e. The van der Waals surface area contributed by atoms with Crippen LogP contribution in [0.5, 0.6) is 0 Å². The van der Waals surface area contributed by atoms with Gasteiger partial charge in [0.25, 0.3) is 0 Å². The van der Waals surface area contributed by atoms with E-state index in [0.29, 0.717) is 0 Å². The lowest BCUT2D eigenvalue weighted by molar-refractivity contribution is -0.00218. The van der Waals surface area contributed by atoms with Gasteiger partial charge in [-0.25, -0.2) is 0 Å². The van der Waals surface area contributed by atoms with Crippen molar-refractivity contribution in [2.75, 3.05) is 33.2 Å². The van der Waals surface area contributed by atoms with E-state index in [1.807, 2.05) is 0 Å². The lowest BCUT2D eigenvalue weighted by Gasteiger charge is -2.51. The Morgan fingerprint density at radius 2 is 1.90 bits per heavy atom. The highest BCUT2D eigenvalue weighted by Crippen LogP contribution is 2.35. The third-order valence-corrected chi connectivity index (χ3v) is 5.99. The Kier molecular flexibility index (Phi) is 6.10. The van der Waals surface area contributed by atoms with Gasteiger partial charge >= 0.3 is 0 Å². The molecule has 1 aliphatic carbocycles. The predicted octanol–water partition coefficient (Wildman–Crippen LogP) is 2.95. The predicted molar refractivity (Wildman–Crippen MR) is 91.5 cm³/mol. The highest BCUT2D eigenvalue weighted by Gasteiger charge is 2.40. The van der Waals surface area contributed by atoms with Gasteiger partial charge in [-0.2, -0.15) is 0 Å². The smallest absolute Gasteiger partial charge is 0.0355 e. The van der Waals surface area contributed by atoms with Crippen molar-refractivity contribution < 1.29 is 0 Å². The fraction of sp³-hybridized carbons (Fsp3) is 1.00. The van der Waals surface area contributed by atoms with Crippen molar-refractivity contribution in [1.29, 1.82) is 0 Å². The molecule has 2 aliphatic rings. The van der Waals surface area contributed by atoms with Crippen LogP contribution >= 0.6 is 0 Å². The molecule has 2 unspecified atom stereocenters. The minimum Gasteiger partial charge on any atom is -0.329 e. The molecule has 124 valence electrons. The van der Waals surface area contributed by atoms with Gasteiger partial charge in [-0.15, -0.1) is 0 Å². The molecule has 1 aliphatic heterocycles. The first-order valence-electron chi connectivity index (χ1n) is 9.12. The van der Waals surface area contributed by atoms with Crippen molar-refractivity contribution in [1.82, 2.24) is 9.80 Å². The standard InChI is InChI=1S/C18H37N3/c1-15(2)13-21-10-8-18(14-19,9-11-21)20(4)17-7-5-6-16(3)12-17/h15-17H,5-14,19H2,1-4H3. The lowest BCUT2D eigenvalue weighted by Crippen LogP contribution is -2.61. The maximum Gasteiger partial charge on any atom is 0.0355 e. The summed E-state index contributed by atoms with van der Waals surface area (Å²) in [7, 11) is 2.35. The zero-order valence-electron chi connectivity index (χ0n) is 14.8. The molecule has 0 aromatic rings. The third kappa shape index (κ3) is 4.20. The molecule has 0 aromatic heterocycles. The van der Waals surface area contributed by atoms with Gasteiger partial charge in [0, 0.05) is 24.7 Å². The number of nitrogens with zero attached hydrogens (tertiary/aromatic N) is 2. The van der Waals surface area contributed by atoms with E-state index >= 15 is 0 Å². The number of hydrogen-bond donors (Lipinski definition) is 1. The molecule has 2 atom stereocenters. The van der Waals surface area contributed by atoms with Gasteiger partial charge in [-0.1, -0.05) is 33.6 Å². The molecule has 21 heavy (non-hydrogen) atoms. The van der Waals surface area contributed by atoms with Crippen molar-refractivity contribution in [3.8, 4) is 0 Å². The summed E-state index contributed by atoms with van der Waals surface area (Å²) in [5, 5.41) is 0. The fourth-order valence-corrected chi connectivity index (χ4v) is 4.51. The van der Waals surface area contributed by atoms with E-state index in [1.54, 1.807) is 0 Å². The van der Waals surface area contributed by atoms with Gasteiger partial charge in [0.1, 0.15) is 0 Å². The van der Waals surface area contributed by atoms with Crippen LogP contribution in [0.25, 0.3) is 0 Å². The normalized spacial score (nSPS) is 31.0. The Morgan fingerprint density at radius 1 is 1.24 bits per heavy atom. The number of hydrogen-bond acceptors (Lipinski definition) is 3. The van der Waals surface area contributed by atoms with Gasteiger partial charge in [0.2, 0.25) is 0 Å². The Labute approximate surface area is 132 Å². The van der Waals surface area contributed by atoms with E-state index < -0.39 is 0 Å². The van der Waals surface area contributed by atoms with Gasteiger partial charge in [-0.05, 0) is 57.7 Å². The minimum atomic E-state index is 0.259.